The predicted octanol–water partition coefficient (Wildman–Crippen LogP) is 3.48. The summed E-state index contributed by atoms with van der Waals surface area (Å²) in [5.74, 6) is 1.41. The number of fused-ring (bicyclic) bond motifs is 2. The fourth-order valence-electron chi connectivity index (χ4n) is 3.55. The Bertz CT molecular complexity index is 741. The smallest absolute Gasteiger partial charge is 0.230 e. The van der Waals surface area contributed by atoms with Crippen LogP contribution in [0.4, 0.5) is 5.69 Å². The summed E-state index contributed by atoms with van der Waals surface area (Å²) in [5.41, 5.74) is 1.60. The zero-order chi connectivity index (χ0) is 17.2. The van der Waals surface area contributed by atoms with Gasteiger partial charge in [0.05, 0.1) is 24.7 Å². The van der Waals surface area contributed by atoms with Crippen molar-refractivity contribution in [2.75, 3.05) is 5.32 Å². The van der Waals surface area contributed by atoms with E-state index in [2.05, 4.69) is 5.32 Å². The fraction of sp³-hybridized carbons (Fsp3) is 0.350. The first kappa shape index (κ1) is 16.1. The van der Waals surface area contributed by atoms with Crippen LogP contribution >= 0.6 is 0 Å². The summed E-state index contributed by atoms with van der Waals surface area (Å²) in [6, 6.07) is 14.6. The molecule has 0 aliphatic carbocycles. The van der Waals surface area contributed by atoms with E-state index in [0.29, 0.717) is 11.5 Å². The maximum Gasteiger partial charge on any atom is 0.230 e. The average molecular weight is 339 g/mol. The Morgan fingerprint density at radius 3 is 2.32 bits per heavy atom. The van der Waals surface area contributed by atoms with E-state index >= 15 is 0 Å². The molecule has 2 aromatic rings. The minimum Gasteiger partial charge on any atom is -0.457 e. The maximum absolute atomic E-state index is 12.4. The van der Waals surface area contributed by atoms with Gasteiger partial charge < -0.3 is 19.9 Å². The van der Waals surface area contributed by atoms with E-state index in [1.807, 2.05) is 48.5 Å². The molecule has 2 aliphatic heterocycles. The average Bonchev–Trinajstić information content (AvgIpc) is 3.27. The fourth-order valence-corrected chi connectivity index (χ4v) is 3.55. The van der Waals surface area contributed by atoms with Crippen LogP contribution in [0.15, 0.2) is 48.5 Å². The minimum atomic E-state index is -0.0280. The number of rotatable bonds is 5. The molecule has 1 amide bonds. The van der Waals surface area contributed by atoms with Gasteiger partial charge in [-0.25, -0.2) is 0 Å². The van der Waals surface area contributed by atoms with Crippen molar-refractivity contribution in [3.63, 3.8) is 0 Å². The third-order valence-electron chi connectivity index (χ3n) is 4.91. The molecule has 2 aliphatic rings. The van der Waals surface area contributed by atoms with Gasteiger partial charge in [-0.3, -0.25) is 4.79 Å². The molecule has 0 spiro atoms. The molecule has 0 radical (unpaired) electrons. The number of hydrogen-bond acceptors (Lipinski definition) is 4. The third-order valence-corrected chi connectivity index (χ3v) is 4.91. The molecule has 4 rings (SSSR count). The van der Waals surface area contributed by atoms with Crippen LogP contribution in [-0.4, -0.2) is 23.2 Å². The van der Waals surface area contributed by atoms with E-state index in [1.165, 1.54) is 0 Å². The van der Waals surface area contributed by atoms with Crippen molar-refractivity contribution in [2.45, 2.75) is 38.1 Å². The number of carbonyl (C=O) groups is 1. The quantitative estimate of drug-likeness (QED) is 0.875. The summed E-state index contributed by atoms with van der Waals surface area (Å²) in [6.45, 7) is 0.0162. The van der Waals surface area contributed by atoms with Crippen molar-refractivity contribution in [3.05, 3.63) is 54.1 Å². The summed E-state index contributed by atoms with van der Waals surface area (Å²) in [6.07, 6.45) is 3.27. The van der Waals surface area contributed by atoms with Crippen molar-refractivity contribution < 1.29 is 19.4 Å². The van der Waals surface area contributed by atoms with Crippen molar-refractivity contribution >= 4 is 11.6 Å². The van der Waals surface area contributed by atoms with E-state index in [9.17, 15) is 4.79 Å². The lowest BCUT2D eigenvalue weighted by Crippen LogP contribution is -2.30. The van der Waals surface area contributed by atoms with Gasteiger partial charge in [0, 0.05) is 5.69 Å². The zero-order valence-electron chi connectivity index (χ0n) is 13.9. The second-order valence-corrected chi connectivity index (χ2v) is 6.63. The van der Waals surface area contributed by atoms with Gasteiger partial charge in [-0.05, 0) is 61.2 Å². The molecule has 5 heteroatoms. The van der Waals surface area contributed by atoms with E-state index in [0.717, 1.165) is 30.5 Å². The highest BCUT2D eigenvalue weighted by atomic mass is 16.5. The van der Waals surface area contributed by atoms with Crippen LogP contribution < -0.4 is 10.1 Å². The summed E-state index contributed by atoms with van der Waals surface area (Å²) in [7, 11) is 0. The largest absolute Gasteiger partial charge is 0.457 e. The number of carbonyl (C=O) groups excluding carboxylic acids is 1. The topological polar surface area (TPSA) is 67.8 Å². The molecule has 3 unspecified atom stereocenters. The molecule has 25 heavy (non-hydrogen) atoms. The van der Waals surface area contributed by atoms with Crippen LogP contribution in [0.1, 0.15) is 24.8 Å². The Hall–Kier alpha value is -2.37. The van der Waals surface area contributed by atoms with Crippen molar-refractivity contribution in [3.8, 4) is 11.5 Å². The minimum absolute atomic E-state index is 0.0162. The summed E-state index contributed by atoms with van der Waals surface area (Å²) < 4.78 is 11.5. The van der Waals surface area contributed by atoms with Gasteiger partial charge in [0.1, 0.15) is 11.5 Å². The molecule has 2 heterocycles. The number of nitrogens with one attached hydrogen (secondary N) is 1. The molecule has 2 N–H and O–H groups in total. The van der Waals surface area contributed by atoms with Crippen LogP contribution in [0, 0.1) is 5.92 Å². The number of benzene rings is 2. The molecule has 2 saturated heterocycles. The Morgan fingerprint density at radius 1 is 1.08 bits per heavy atom. The first-order valence-electron chi connectivity index (χ1n) is 8.65. The van der Waals surface area contributed by atoms with Gasteiger partial charge >= 0.3 is 0 Å². The lowest BCUT2D eigenvalue weighted by Gasteiger charge is -2.18. The Kier molecular flexibility index (Phi) is 4.42. The van der Waals surface area contributed by atoms with Gasteiger partial charge in [0.25, 0.3) is 0 Å². The van der Waals surface area contributed by atoms with Crippen LogP contribution in [0.2, 0.25) is 0 Å². The standard InChI is InChI=1S/C20H21NO4/c22-12-13-1-5-15(6-2-13)24-16-7-3-14(4-8-16)21-20(23)18-11-17-9-10-19(18)25-17/h1-8,17-19,22H,9-12H2,(H,21,23). The highest BCUT2D eigenvalue weighted by molar-refractivity contribution is 5.93. The highest BCUT2D eigenvalue weighted by Gasteiger charge is 2.44. The van der Waals surface area contributed by atoms with E-state index in [-0.39, 0.29) is 30.6 Å². The Labute approximate surface area is 146 Å². The van der Waals surface area contributed by atoms with Crippen LogP contribution in [0.5, 0.6) is 11.5 Å². The lowest BCUT2D eigenvalue weighted by atomic mass is 9.88. The molecule has 3 atom stereocenters. The Balaban J connectivity index is 1.35. The van der Waals surface area contributed by atoms with Crippen molar-refractivity contribution in [2.24, 2.45) is 5.92 Å². The molecule has 2 bridgehead atoms. The molecular weight excluding hydrogens is 318 g/mol. The van der Waals surface area contributed by atoms with E-state index < -0.39 is 0 Å². The molecule has 130 valence electrons. The van der Waals surface area contributed by atoms with E-state index in [4.69, 9.17) is 14.6 Å². The van der Waals surface area contributed by atoms with Crippen molar-refractivity contribution in [1.29, 1.82) is 0 Å². The summed E-state index contributed by atoms with van der Waals surface area (Å²) in [5, 5.41) is 12.0. The number of hydrogen-bond donors (Lipinski definition) is 2. The molecular formula is C20H21NO4. The van der Waals surface area contributed by atoms with Gasteiger partial charge in [0.15, 0.2) is 0 Å². The summed E-state index contributed by atoms with van der Waals surface area (Å²) in [4.78, 5) is 12.4. The first-order chi connectivity index (χ1) is 12.2. The van der Waals surface area contributed by atoms with Crippen LogP contribution in [0.3, 0.4) is 0 Å². The van der Waals surface area contributed by atoms with Crippen LogP contribution in [0.25, 0.3) is 0 Å². The maximum atomic E-state index is 12.4. The molecule has 0 saturated carbocycles. The van der Waals surface area contributed by atoms with Gasteiger partial charge in [-0.15, -0.1) is 0 Å². The number of amides is 1. The Morgan fingerprint density at radius 2 is 1.76 bits per heavy atom. The lowest BCUT2D eigenvalue weighted by molar-refractivity contribution is -0.121. The second-order valence-electron chi connectivity index (χ2n) is 6.63. The highest BCUT2D eigenvalue weighted by Crippen LogP contribution is 2.39. The van der Waals surface area contributed by atoms with Gasteiger partial charge in [0.2, 0.25) is 5.91 Å². The molecule has 2 aromatic carbocycles. The number of aliphatic hydroxyl groups excluding tert-OH is 1. The van der Waals surface area contributed by atoms with Gasteiger partial charge in [-0.1, -0.05) is 12.1 Å². The SMILES string of the molecule is O=C(Nc1ccc(Oc2ccc(CO)cc2)cc1)C1CC2CCC1O2. The number of aliphatic hydroxyl groups is 1. The zero-order valence-corrected chi connectivity index (χ0v) is 13.9. The molecule has 2 fully saturated rings. The summed E-state index contributed by atoms with van der Waals surface area (Å²) >= 11 is 0. The van der Waals surface area contributed by atoms with Crippen molar-refractivity contribution in [1.82, 2.24) is 0 Å². The third kappa shape index (κ3) is 3.52. The van der Waals surface area contributed by atoms with Crippen LogP contribution in [-0.2, 0) is 16.1 Å². The normalized spacial score (nSPS) is 24.3. The molecule has 0 aromatic heterocycles. The predicted molar refractivity (Wildman–Crippen MR) is 93.5 cm³/mol. The first-order valence-corrected chi connectivity index (χ1v) is 8.65. The van der Waals surface area contributed by atoms with Gasteiger partial charge in [-0.2, -0.15) is 0 Å². The monoisotopic (exact) mass is 339 g/mol. The molecule has 5 nitrogen and oxygen atoms in total. The van der Waals surface area contributed by atoms with E-state index in [1.54, 1.807) is 0 Å². The number of anilines is 1. The number of ether oxygens (including phenoxy) is 2. The second kappa shape index (κ2) is 6.86.